The summed E-state index contributed by atoms with van der Waals surface area (Å²) in [5.74, 6) is 0.544. The van der Waals surface area contributed by atoms with Gasteiger partial charge in [-0.05, 0) is 42.8 Å². The van der Waals surface area contributed by atoms with Crippen LogP contribution in [0.3, 0.4) is 0 Å². The van der Waals surface area contributed by atoms with E-state index in [2.05, 4.69) is 0 Å². The van der Waals surface area contributed by atoms with Crippen molar-refractivity contribution in [1.82, 2.24) is 0 Å². The van der Waals surface area contributed by atoms with Gasteiger partial charge in [-0.15, -0.1) is 0 Å². The highest BCUT2D eigenvalue weighted by molar-refractivity contribution is 6.32. The first-order chi connectivity index (χ1) is 12.0. The number of carboxylic acids is 1. The Hall–Kier alpha value is -2.66. The van der Waals surface area contributed by atoms with Crippen molar-refractivity contribution in [2.24, 2.45) is 0 Å². The number of methoxy groups -OCH3 is 1. The number of halogens is 1. The molecule has 25 heavy (non-hydrogen) atoms. The molecule has 0 radical (unpaired) electrons. The van der Waals surface area contributed by atoms with Crippen molar-refractivity contribution in [3.63, 3.8) is 0 Å². The van der Waals surface area contributed by atoms with Gasteiger partial charge in [0.15, 0.2) is 11.5 Å². The summed E-state index contributed by atoms with van der Waals surface area (Å²) in [7, 11) is 1.49. The standard InChI is InChI=1S/C19H19ClO5/c1-13-3-6-15(7-4-13)24-9-10-25-19-16(20)11-14(5-8-18(21)22)12-17(19)23-2/h3-8,11-12H,9-10H2,1-2H3,(H,21,22). The highest BCUT2D eigenvalue weighted by atomic mass is 35.5. The van der Waals surface area contributed by atoms with Gasteiger partial charge in [0.1, 0.15) is 19.0 Å². The molecule has 0 atom stereocenters. The van der Waals surface area contributed by atoms with E-state index in [4.69, 9.17) is 30.9 Å². The zero-order chi connectivity index (χ0) is 18.2. The minimum absolute atomic E-state index is 0.286. The van der Waals surface area contributed by atoms with Crippen LogP contribution >= 0.6 is 11.6 Å². The van der Waals surface area contributed by atoms with Crippen LogP contribution < -0.4 is 14.2 Å². The van der Waals surface area contributed by atoms with Gasteiger partial charge in [-0.25, -0.2) is 4.79 Å². The van der Waals surface area contributed by atoms with E-state index in [1.165, 1.54) is 13.2 Å². The molecule has 6 heteroatoms. The second-order valence-electron chi connectivity index (χ2n) is 5.22. The molecule has 0 aliphatic heterocycles. The smallest absolute Gasteiger partial charge is 0.328 e. The molecule has 0 amide bonds. The number of ether oxygens (including phenoxy) is 3. The van der Waals surface area contributed by atoms with Gasteiger partial charge in [-0.1, -0.05) is 29.3 Å². The zero-order valence-electron chi connectivity index (χ0n) is 14.0. The second kappa shape index (κ2) is 8.99. The van der Waals surface area contributed by atoms with E-state index in [0.29, 0.717) is 28.7 Å². The van der Waals surface area contributed by atoms with Crippen molar-refractivity contribution in [1.29, 1.82) is 0 Å². The summed E-state index contributed by atoms with van der Waals surface area (Å²) < 4.78 is 16.5. The lowest BCUT2D eigenvalue weighted by atomic mass is 10.2. The monoisotopic (exact) mass is 362 g/mol. The first-order valence-corrected chi connectivity index (χ1v) is 7.98. The molecule has 0 heterocycles. The molecular weight excluding hydrogens is 344 g/mol. The van der Waals surface area contributed by atoms with E-state index in [9.17, 15) is 4.79 Å². The minimum atomic E-state index is -1.04. The van der Waals surface area contributed by atoms with Gasteiger partial charge in [0.2, 0.25) is 0 Å². The van der Waals surface area contributed by atoms with Gasteiger partial charge in [0.05, 0.1) is 12.1 Å². The van der Waals surface area contributed by atoms with Gasteiger partial charge in [-0.2, -0.15) is 0 Å². The first-order valence-electron chi connectivity index (χ1n) is 7.60. The van der Waals surface area contributed by atoms with E-state index in [1.807, 2.05) is 31.2 Å². The number of carboxylic acid groups (broad SMARTS) is 1. The lowest BCUT2D eigenvalue weighted by molar-refractivity contribution is -0.131. The summed E-state index contributed by atoms with van der Waals surface area (Å²) >= 11 is 6.21. The Morgan fingerprint density at radius 2 is 1.84 bits per heavy atom. The molecular formula is C19H19ClO5. The van der Waals surface area contributed by atoms with E-state index in [-0.39, 0.29) is 6.61 Å². The maximum absolute atomic E-state index is 10.6. The normalized spacial score (nSPS) is 10.7. The Balaban J connectivity index is 1.98. The van der Waals surface area contributed by atoms with Gasteiger partial charge < -0.3 is 19.3 Å². The van der Waals surface area contributed by atoms with Crippen LogP contribution in [0.15, 0.2) is 42.5 Å². The quantitative estimate of drug-likeness (QED) is 0.562. The summed E-state index contributed by atoms with van der Waals surface area (Å²) in [6, 6.07) is 11.0. The van der Waals surface area contributed by atoms with Crippen molar-refractivity contribution < 1.29 is 24.1 Å². The fraction of sp³-hybridized carbons (Fsp3) is 0.211. The number of carbonyl (C=O) groups is 1. The molecule has 0 aromatic heterocycles. The number of hydrogen-bond donors (Lipinski definition) is 1. The second-order valence-corrected chi connectivity index (χ2v) is 5.62. The van der Waals surface area contributed by atoms with Crippen molar-refractivity contribution in [3.05, 3.63) is 58.6 Å². The van der Waals surface area contributed by atoms with Crippen LogP contribution in [0.25, 0.3) is 6.08 Å². The molecule has 0 unspecified atom stereocenters. The maximum atomic E-state index is 10.6. The lowest BCUT2D eigenvalue weighted by Gasteiger charge is -2.14. The Morgan fingerprint density at radius 1 is 1.16 bits per heavy atom. The molecule has 2 aromatic rings. The Kier molecular flexibility index (Phi) is 6.71. The number of rotatable bonds is 8. The van der Waals surface area contributed by atoms with Crippen LogP contribution in [0.1, 0.15) is 11.1 Å². The number of hydrogen-bond acceptors (Lipinski definition) is 4. The third-order valence-corrected chi connectivity index (χ3v) is 3.57. The zero-order valence-corrected chi connectivity index (χ0v) is 14.7. The van der Waals surface area contributed by atoms with E-state index < -0.39 is 5.97 Å². The van der Waals surface area contributed by atoms with Crippen molar-refractivity contribution in [2.75, 3.05) is 20.3 Å². The van der Waals surface area contributed by atoms with Crippen LogP contribution in [-0.2, 0) is 4.79 Å². The summed E-state index contributed by atoms with van der Waals surface area (Å²) in [5.41, 5.74) is 1.77. The van der Waals surface area contributed by atoms with E-state index in [0.717, 1.165) is 17.4 Å². The van der Waals surface area contributed by atoms with Crippen LogP contribution in [0.4, 0.5) is 0 Å². The summed E-state index contributed by atoms with van der Waals surface area (Å²) in [5, 5.41) is 9.02. The SMILES string of the molecule is COc1cc(C=CC(=O)O)cc(Cl)c1OCCOc1ccc(C)cc1. The molecule has 0 saturated heterocycles. The van der Waals surface area contributed by atoms with Crippen LogP contribution in [0.2, 0.25) is 5.02 Å². The molecule has 2 aromatic carbocycles. The van der Waals surface area contributed by atoms with Crippen LogP contribution in [0.5, 0.6) is 17.2 Å². The fourth-order valence-electron chi connectivity index (χ4n) is 2.08. The molecule has 0 spiro atoms. The van der Waals surface area contributed by atoms with Crippen molar-refractivity contribution in [3.8, 4) is 17.2 Å². The van der Waals surface area contributed by atoms with Crippen molar-refractivity contribution >= 4 is 23.6 Å². The lowest BCUT2D eigenvalue weighted by Crippen LogP contribution is -2.10. The summed E-state index contributed by atoms with van der Waals surface area (Å²) in [6.45, 7) is 2.65. The predicted octanol–water partition coefficient (Wildman–Crippen LogP) is 4.21. The average Bonchev–Trinajstić information content (AvgIpc) is 2.59. The van der Waals surface area contributed by atoms with E-state index in [1.54, 1.807) is 12.1 Å². The molecule has 132 valence electrons. The van der Waals surface area contributed by atoms with Gasteiger partial charge >= 0.3 is 5.97 Å². The maximum Gasteiger partial charge on any atom is 0.328 e. The third kappa shape index (κ3) is 5.72. The molecule has 0 aliphatic rings. The average molecular weight is 363 g/mol. The van der Waals surface area contributed by atoms with Gasteiger partial charge in [0, 0.05) is 6.08 Å². The number of benzene rings is 2. The predicted molar refractivity (Wildman–Crippen MR) is 96.8 cm³/mol. The fourth-order valence-corrected chi connectivity index (χ4v) is 2.36. The largest absolute Gasteiger partial charge is 0.493 e. The molecule has 5 nitrogen and oxygen atoms in total. The Morgan fingerprint density at radius 3 is 2.48 bits per heavy atom. The van der Waals surface area contributed by atoms with Gasteiger partial charge in [-0.3, -0.25) is 0 Å². The molecule has 0 saturated carbocycles. The number of aryl methyl sites for hydroxylation is 1. The molecule has 0 fully saturated rings. The number of aliphatic carboxylic acids is 1. The van der Waals surface area contributed by atoms with E-state index >= 15 is 0 Å². The highest BCUT2D eigenvalue weighted by Crippen LogP contribution is 2.36. The highest BCUT2D eigenvalue weighted by Gasteiger charge is 2.11. The topological polar surface area (TPSA) is 65.0 Å². The first kappa shape index (κ1) is 18.7. The van der Waals surface area contributed by atoms with Crippen LogP contribution in [-0.4, -0.2) is 31.4 Å². The minimum Gasteiger partial charge on any atom is -0.493 e. The van der Waals surface area contributed by atoms with Crippen LogP contribution in [0, 0.1) is 6.92 Å². The third-order valence-electron chi connectivity index (χ3n) is 3.29. The molecule has 0 bridgehead atoms. The molecule has 2 rings (SSSR count). The summed E-state index contributed by atoms with van der Waals surface area (Å²) in [4.78, 5) is 10.6. The Bertz CT molecular complexity index is 753. The van der Waals surface area contributed by atoms with Gasteiger partial charge in [0.25, 0.3) is 0 Å². The summed E-state index contributed by atoms with van der Waals surface area (Å²) in [6.07, 6.45) is 2.46. The molecule has 1 N–H and O–H groups in total. The van der Waals surface area contributed by atoms with Crippen molar-refractivity contribution in [2.45, 2.75) is 6.92 Å². The Labute approximate surface area is 151 Å². The molecule has 0 aliphatic carbocycles.